The first-order chi connectivity index (χ1) is 6.81. The van der Waals surface area contributed by atoms with E-state index in [0.29, 0.717) is 0 Å². The predicted octanol–water partition coefficient (Wildman–Crippen LogP) is 0.619. The van der Waals surface area contributed by atoms with E-state index < -0.39 is 0 Å². The van der Waals surface area contributed by atoms with E-state index in [4.69, 9.17) is 10.8 Å². The number of fused-ring (bicyclic) bond motifs is 1. The van der Waals surface area contributed by atoms with Gasteiger partial charge in [0.1, 0.15) is 0 Å². The van der Waals surface area contributed by atoms with Crippen molar-refractivity contribution in [3.63, 3.8) is 0 Å². The fraction of sp³-hybridized carbons (Fsp3) is 0.455. The molecule has 0 bridgehead atoms. The van der Waals surface area contributed by atoms with E-state index in [1.54, 1.807) is 0 Å². The van der Waals surface area contributed by atoms with Crippen LogP contribution in [0.2, 0.25) is 0 Å². The normalized spacial score (nSPS) is 16.6. The van der Waals surface area contributed by atoms with Crippen LogP contribution in [-0.4, -0.2) is 29.7 Å². The third-order valence-electron chi connectivity index (χ3n) is 2.80. The van der Waals surface area contributed by atoms with Gasteiger partial charge in [0.2, 0.25) is 0 Å². The number of anilines is 1. The van der Waals surface area contributed by atoms with Gasteiger partial charge in [-0.1, -0.05) is 12.1 Å². The quantitative estimate of drug-likeness (QED) is 0.675. The van der Waals surface area contributed by atoms with E-state index in [1.807, 2.05) is 12.1 Å². The number of rotatable bonds is 2. The molecule has 1 aromatic carbocycles. The Labute approximate surface area is 84.1 Å². The Balaban J connectivity index is 2.20. The lowest BCUT2D eigenvalue weighted by molar-refractivity contribution is 0.185. The number of nitrogen functional groups attached to an aromatic ring is 1. The van der Waals surface area contributed by atoms with Crippen LogP contribution >= 0.6 is 0 Å². The largest absolute Gasteiger partial charge is 0.398 e. The van der Waals surface area contributed by atoms with Gasteiger partial charge in [-0.25, -0.2) is 0 Å². The van der Waals surface area contributed by atoms with Gasteiger partial charge in [-0.15, -0.1) is 0 Å². The maximum Gasteiger partial charge on any atom is 0.0558 e. The zero-order valence-corrected chi connectivity index (χ0v) is 8.24. The Hall–Kier alpha value is -1.06. The summed E-state index contributed by atoms with van der Waals surface area (Å²) in [6.45, 7) is 2.87. The molecular weight excluding hydrogens is 176 g/mol. The minimum Gasteiger partial charge on any atom is -0.398 e. The van der Waals surface area contributed by atoms with E-state index >= 15 is 0 Å². The number of nitrogens with zero attached hydrogens (tertiary/aromatic N) is 1. The monoisotopic (exact) mass is 192 g/mol. The summed E-state index contributed by atoms with van der Waals surface area (Å²) in [4.78, 5) is 2.23. The first-order valence-corrected chi connectivity index (χ1v) is 5.00. The van der Waals surface area contributed by atoms with Gasteiger partial charge in [0.15, 0.2) is 0 Å². The number of aliphatic hydroxyl groups excluding tert-OH is 1. The van der Waals surface area contributed by atoms with Crippen LogP contribution in [0, 0.1) is 0 Å². The van der Waals surface area contributed by atoms with Crippen LogP contribution in [0.3, 0.4) is 0 Å². The Morgan fingerprint density at radius 2 is 2.29 bits per heavy atom. The van der Waals surface area contributed by atoms with Gasteiger partial charge < -0.3 is 10.8 Å². The van der Waals surface area contributed by atoms with Crippen LogP contribution in [-0.2, 0) is 13.0 Å². The highest BCUT2D eigenvalue weighted by Gasteiger charge is 2.16. The fourth-order valence-corrected chi connectivity index (χ4v) is 2.00. The van der Waals surface area contributed by atoms with Crippen LogP contribution in [0.25, 0.3) is 0 Å². The summed E-state index contributed by atoms with van der Waals surface area (Å²) in [7, 11) is 0. The average Bonchev–Trinajstić information content (AvgIpc) is 2.20. The highest BCUT2D eigenvalue weighted by Crippen LogP contribution is 2.23. The lowest BCUT2D eigenvalue weighted by atomic mass is 9.98. The Bertz CT molecular complexity index is 325. The molecule has 2 rings (SSSR count). The maximum absolute atomic E-state index is 8.86. The molecule has 0 unspecified atom stereocenters. The molecule has 1 aliphatic heterocycles. The summed E-state index contributed by atoms with van der Waals surface area (Å²) in [5.41, 5.74) is 9.39. The van der Waals surface area contributed by atoms with E-state index in [9.17, 15) is 0 Å². The molecule has 3 heteroatoms. The van der Waals surface area contributed by atoms with Crippen molar-refractivity contribution in [1.82, 2.24) is 4.90 Å². The van der Waals surface area contributed by atoms with Crippen molar-refractivity contribution >= 4 is 5.69 Å². The molecule has 0 amide bonds. The van der Waals surface area contributed by atoms with E-state index in [0.717, 1.165) is 31.7 Å². The second-order valence-electron chi connectivity index (χ2n) is 3.73. The van der Waals surface area contributed by atoms with Crippen molar-refractivity contribution in [3.05, 3.63) is 29.3 Å². The molecule has 1 aromatic rings. The van der Waals surface area contributed by atoms with Crippen LogP contribution in [0.15, 0.2) is 18.2 Å². The zero-order chi connectivity index (χ0) is 9.97. The summed E-state index contributed by atoms with van der Waals surface area (Å²) in [5.74, 6) is 0. The second-order valence-corrected chi connectivity index (χ2v) is 3.73. The van der Waals surface area contributed by atoms with Gasteiger partial charge in [0.05, 0.1) is 6.61 Å². The molecule has 0 saturated carbocycles. The molecular formula is C11H16N2O. The van der Waals surface area contributed by atoms with Gasteiger partial charge in [-0.05, 0) is 23.6 Å². The van der Waals surface area contributed by atoms with Gasteiger partial charge in [0, 0.05) is 25.3 Å². The Morgan fingerprint density at radius 1 is 1.43 bits per heavy atom. The van der Waals surface area contributed by atoms with Gasteiger partial charge in [0.25, 0.3) is 0 Å². The first kappa shape index (κ1) is 9.49. The highest BCUT2D eigenvalue weighted by atomic mass is 16.3. The lowest BCUT2D eigenvalue weighted by Crippen LogP contribution is -2.33. The van der Waals surface area contributed by atoms with Crippen molar-refractivity contribution < 1.29 is 5.11 Å². The number of β-amino-alcohol motifs (C(OH)–C–C–N with tert-alkyl or cyclic N) is 1. The number of nitrogens with two attached hydrogens (primary N) is 1. The van der Waals surface area contributed by atoms with Crippen molar-refractivity contribution in [2.24, 2.45) is 0 Å². The molecule has 76 valence electrons. The molecule has 1 aliphatic rings. The minimum atomic E-state index is 0.224. The van der Waals surface area contributed by atoms with Gasteiger partial charge in [-0.3, -0.25) is 4.90 Å². The number of benzene rings is 1. The van der Waals surface area contributed by atoms with Crippen molar-refractivity contribution in [3.8, 4) is 0 Å². The molecule has 3 N–H and O–H groups in total. The van der Waals surface area contributed by atoms with Crippen LogP contribution < -0.4 is 5.73 Å². The molecule has 3 nitrogen and oxygen atoms in total. The second kappa shape index (κ2) is 3.98. The number of aliphatic hydroxyl groups is 1. The maximum atomic E-state index is 8.86. The zero-order valence-electron chi connectivity index (χ0n) is 8.24. The Morgan fingerprint density at radius 3 is 3.07 bits per heavy atom. The molecule has 1 heterocycles. The molecule has 0 radical (unpaired) electrons. The predicted molar refractivity (Wildman–Crippen MR) is 56.9 cm³/mol. The van der Waals surface area contributed by atoms with Crippen LogP contribution in [0.5, 0.6) is 0 Å². The number of hydrogen-bond acceptors (Lipinski definition) is 3. The first-order valence-electron chi connectivity index (χ1n) is 5.00. The lowest BCUT2D eigenvalue weighted by Gasteiger charge is -2.28. The molecule has 0 aliphatic carbocycles. The summed E-state index contributed by atoms with van der Waals surface area (Å²) >= 11 is 0. The third kappa shape index (κ3) is 1.74. The summed E-state index contributed by atoms with van der Waals surface area (Å²) in [6.07, 6.45) is 1.04. The molecule has 0 fully saturated rings. The van der Waals surface area contributed by atoms with Gasteiger partial charge >= 0.3 is 0 Å². The molecule has 0 atom stereocenters. The van der Waals surface area contributed by atoms with Crippen LogP contribution in [0.1, 0.15) is 11.1 Å². The molecule has 0 aromatic heterocycles. The average molecular weight is 192 g/mol. The summed E-state index contributed by atoms with van der Waals surface area (Å²) in [5, 5.41) is 8.86. The van der Waals surface area contributed by atoms with E-state index in [1.165, 1.54) is 11.1 Å². The Kier molecular flexibility index (Phi) is 2.70. The van der Waals surface area contributed by atoms with E-state index in [-0.39, 0.29) is 6.61 Å². The number of hydrogen-bond donors (Lipinski definition) is 2. The molecule has 14 heavy (non-hydrogen) atoms. The fourth-order valence-electron chi connectivity index (χ4n) is 2.00. The SMILES string of the molecule is Nc1cccc2c1CN(CCO)CC2. The molecule has 0 saturated heterocycles. The van der Waals surface area contributed by atoms with Gasteiger partial charge in [-0.2, -0.15) is 0 Å². The van der Waals surface area contributed by atoms with E-state index in [2.05, 4.69) is 11.0 Å². The third-order valence-corrected chi connectivity index (χ3v) is 2.80. The highest BCUT2D eigenvalue weighted by molar-refractivity contribution is 5.51. The smallest absolute Gasteiger partial charge is 0.0558 e. The topological polar surface area (TPSA) is 49.5 Å². The van der Waals surface area contributed by atoms with Crippen molar-refractivity contribution in [1.29, 1.82) is 0 Å². The van der Waals surface area contributed by atoms with Crippen molar-refractivity contribution in [2.45, 2.75) is 13.0 Å². The summed E-state index contributed by atoms with van der Waals surface area (Å²) in [6, 6.07) is 6.10. The van der Waals surface area contributed by atoms with Crippen LogP contribution in [0.4, 0.5) is 5.69 Å². The summed E-state index contributed by atoms with van der Waals surface area (Å²) < 4.78 is 0. The standard InChI is InChI=1S/C11H16N2O/c12-11-3-1-2-9-4-5-13(6-7-14)8-10(9)11/h1-3,14H,4-8,12H2. The molecule has 0 spiro atoms. The minimum absolute atomic E-state index is 0.224. The van der Waals surface area contributed by atoms with Crippen molar-refractivity contribution in [2.75, 3.05) is 25.4 Å².